The Morgan fingerprint density at radius 1 is 1.59 bits per heavy atom. The first-order valence-electron chi connectivity index (χ1n) is 5.93. The predicted octanol–water partition coefficient (Wildman–Crippen LogP) is 4.61. The minimum atomic E-state index is -0.0653. The number of hydrogen-bond acceptors (Lipinski definition) is 1. The third-order valence-electron chi connectivity index (χ3n) is 2.34. The maximum absolute atomic E-state index is 13.0. The van der Waals surface area contributed by atoms with E-state index in [1.165, 1.54) is 0 Å². The molecule has 1 nitrogen and oxygen atoms in total. The first kappa shape index (κ1) is 13.5. The first-order chi connectivity index (χ1) is 8.26. The monoisotopic (exact) mass is 234 g/mol. The predicted molar refractivity (Wildman–Crippen MR) is 70.2 cm³/mol. The maximum Gasteiger partial charge on any atom is 0.119 e. The highest BCUT2D eigenvalue weighted by atomic mass is 19.1. The summed E-state index contributed by atoms with van der Waals surface area (Å²) in [6.07, 6.45) is 13.2. The fraction of sp³-hybridized carbons (Fsp3) is 0.333. The normalized spacial score (nSPS) is 16.7. The van der Waals surface area contributed by atoms with Crippen LogP contribution in [0.25, 0.3) is 0 Å². The van der Waals surface area contributed by atoms with E-state index in [2.05, 4.69) is 13.5 Å². The number of halogens is 1. The van der Waals surface area contributed by atoms with Crippen molar-refractivity contribution in [1.82, 2.24) is 0 Å². The Labute approximate surface area is 103 Å². The van der Waals surface area contributed by atoms with Gasteiger partial charge in [-0.05, 0) is 36.6 Å². The third kappa shape index (κ3) is 5.34. The summed E-state index contributed by atoms with van der Waals surface area (Å²) >= 11 is 0. The summed E-state index contributed by atoms with van der Waals surface area (Å²) in [6.45, 7) is 6.10. The standard InChI is InChI=1S/C15H19FO/c1-3-5-10-15(7-4-2)17-12-13-8-6-9-14(16)11-13/h4-5,7-8,10-11H,2-3,6,9,12H2,1H3/b10-5-,15-7+. The Balaban J connectivity index is 2.52. The van der Waals surface area contributed by atoms with Gasteiger partial charge in [0.15, 0.2) is 0 Å². The molecule has 0 N–H and O–H groups in total. The first-order valence-corrected chi connectivity index (χ1v) is 5.93. The Morgan fingerprint density at radius 2 is 2.41 bits per heavy atom. The molecule has 1 aliphatic carbocycles. The molecule has 1 rings (SSSR count). The van der Waals surface area contributed by atoms with Gasteiger partial charge in [-0.25, -0.2) is 4.39 Å². The van der Waals surface area contributed by atoms with Gasteiger partial charge in [-0.15, -0.1) is 0 Å². The molecule has 0 unspecified atom stereocenters. The summed E-state index contributed by atoms with van der Waals surface area (Å²) in [5.74, 6) is 0.687. The molecule has 17 heavy (non-hydrogen) atoms. The van der Waals surface area contributed by atoms with E-state index in [0.29, 0.717) is 13.0 Å². The van der Waals surface area contributed by atoms with Crippen molar-refractivity contribution in [3.05, 3.63) is 60.2 Å². The van der Waals surface area contributed by atoms with Crippen molar-refractivity contribution >= 4 is 0 Å². The fourth-order valence-electron chi connectivity index (χ4n) is 1.50. The van der Waals surface area contributed by atoms with Crippen LogP contribution in [0, 0.1) is 0 Å². The van der Waals surface area contributed by atoms with Gasteiger partial charge in [0.2, 0.25) is 0 Å². The van der Waals surface area contributed by atoms with Gasteiger partial charge in [0.1, 0.15) is 18.2 Å². The molecule has 0 atom stereocenters. The number of hydrogen-bond donors (Lipinski definition) is 0. The van der Waals surface area contributed by atoms with Gasteiger partial charge in [-0.1, -0.05) is 31.7 Å². The second-order valence-electron chi connectivity index (χ2n) is 3.81. The van der Waals surface area contributed by atoms with E-state index < -0.39 is 0 Å². The summed E-state index contributed by atoms with van der Waals surface area (Å²) < 4.78 is 18.6. The molecule has 0 saturated heterocycles. The van der Waals surface area contributed by atoms with Gasteiger partial charge >= 0.3 is 0 Å². The summed E-state index contributed by atoms with van der Waals surface area (Å²) in [5.41, 5.74) is 0.897. The summed E-state index contributed by atoms with van der Waals surface area (Å²) in [4.78, 5) is 0. The number of allylic oxidation sites excluding steroid dienone is 6. The zero-order valence-corrected chi connectivity index (χ0v) is 10.3. The van der Waals surface area contributed by atoms with Crippen molar-refractivity contribution in [2.24, 2.45) is 0 Å². The molecule has 0 fully saturated rings. The van der Waals surface area contributed by atoms with Crippen molar-refractivity contribution in [3.8, 4) is 0 Å². The topological polar surface area (TPSA) is 9.23 Å². The van der Waals surface area contributed by atoms with E-state index in [1.54, 1.807) is 18.2 Å². The van der Waals surface area contributed by atoms with Crippen molar-refractivity contribution in [3.63, 3.8) is 0 Å². The van der Waals surface area contributed by atoms with Gasteiger partial charge in [0.05, 0.1) is 0 Å². The minimum Gasteiger partial charge on any atom is -0.489 e. The third-order valence-corrected chi connectivity index (χ3v) is 2.34. The van der Waals surface area contributed by atoms with E-state index in [-0.39, 0.29) is 5.83 Å². The Kier molecular flexibility index (Phi) is 6.08. The number of rotatable bonds is 6. The molecule has 0 aliphatic heterocycles. The average molecular weight is 234 g/mol. The van der Waals surface area contributed by atoms with E-state index >= 15 is 0 Å². The largest absolute Gasteiger partial charge is 0.489 e. The van der Waals surface area contributed by atoms with Crippen LogP contribution >= 0.6 is 0 Å². The van der Waals surface area contributed by atoms with Crippen LogP contribution in [0.2, 0.25) is 0 Å². The highest BCUT2D eigenvalue weighted by Gasteiger charge is 2.05. The van der Waals surface area contributed by atoms with E-state index in [4.69, 9.17) is 4.74 Å². The van der Waals surface area contributed by atoms with E-state index in [1.807, 2.05) is 18.2 Å². The molecule has 0 aromatic heterocycles. The zero-order chi connectivity index (χ0) is 12.5. The molecule has 0 amide bonds. The Bertz CT molecular complexity index is 372. The van der Waals surface area contributed by atoms with Crippen LogP contribution in [0.4, 0.5) is 4.39 Å². The maximum atomic E-state index is 13.0. The molecular formula is C15H19FO. The molecule has 92 valence electrons. The molecule has 1 aliphatic rings. The molecule has 0 spiro atoms. The van der Waals surface area contributed by atoms with E-state index in [0.717, 1.165) is 24.2 Å². The quantitative estimate of drug-likeness (QED) is 0.481. The van der Waals surface area contributed by atoms with Gasteiger partial charge in [-0.3, -0.25) is 0 Å². The fourth-order valence-corrected chi connectivity index (χ4v) is 1.50. The molecular weight excluding hydrogens is 215 g/mol. The van der Waals surface area contributed by atoms with Crippen molar-refractivity contribution < 1.29 is 9.13 Å². The Morgan fingerprint density at radius 3 is 3.06 bits per heavy atom. The second-order valence-corrected chi connectivity index (χ2v) is 3.81. The lowest BCUT2D eigenvalue weighted by atomic mass is 10.1. The lowest BCUT2D eigenvalue weighted by Gasteiger charge is -2.11. The van der Waals surface area contributed by atoms with Gasteiger partial charge < -0.3 is 4.74 Å². The highest BCUT2D eigenvalue weighted by Crippen LogP contribution is 2.19. The summed E-state index contributed by atoms with van der Waals surface area (Å²) in [6, 6.07) is 0. The van der Waals surface area contributed by atoms with E-state index in [9.17, 15) is 4.39 Å². The van der Waals surface area contributed by atoms with Crippen molar-refractivity contribution in [2.45, 2.75) is 26.2 Å². The molecule has 0 saturated carbocycles. The molecule has 0 aromatic carbocycles. The van der Waals surface area contributed by atoms with Gasteiger partial charge in [0.25, 0.3) is 0 Å². The summed E-state index contributed by atoms with van der Waals surface area (Å²) in [5, 5.41) is 0. The van der Waals surface area contributed by atoms with Crippen molar-refractivity contribution in [2.75, 3.05) is 6.61 Å². The van der Waals surface area contributed by atoms with Crippen LogP contribution in [0.15, 0.2) is 60.2 Å². The smallest absolute Gasteiger partial charge is 0.119 e. The summed E-state index contributed by atoms with van der Waals surface area (Å²) in [7, 11) is 0. The van der Waals surface area contributed by atoms with Crippen LogP contribution in [0.1, 0.15) is 26.2 Å². The average Bonchev–Trinajstić information content (AvgIpc) is 2.33. The molecule has 0 radical (unpaired) electrons. The molecule has 0 heterocycles. The Hall–Kier alpha value is -1.57. The molecule has 0 bridgehead atoms. The SMILES string of the molecule is C=C/C=C(\C=C/CC)OCC1=CCCC(F)=C1. The number of ether oxygens (including phenoxy) is 1. The lowest BCUT2D eigenvalue weighted by molar-refractivity contribution is 0.254. The van der Waals surface area contributed by atoms with Gasteiger partial charge in [0, 0.05) is 6.42 Å². The zero-order valence-electron chi connectivity index (χ0n) is 10.3. The highest BCUT2D eigenvalue weighted by molar-refractivity contribution is 5.26. The van der Waals surface area contributed by atoms with Crippen LogP contribution in [0.5, 0.6) is 0 Å². The lowest BCUT2D eigenvalue weighted by Crippen LogP contribution is -1.99. The van der Waals surface area contributed by atoms with Crippen LogP contribution in [0.3, 0.4) is 0 Å². The minimum absolute atomic E-state index is 0.0653. The van der Waals surface area contributed by atoms with Crippen LogP contribution in [-0.2, 0) is 4.74 Å². The van der Waals surface area contributed by atoms with Crippen LogP contribution in [-0.4, -0.2) is 6.61 Å². The van der Waals surface area contributed by atoms with Crippen molar-refractivity contribution in [1.29, 1.82) is 0 Å². The van der Waals surface area contributed by atoms with Gasteiger partial charge in [-0.2, -0.15) is 0 Å². The van der Waals surface area contributed by atoms with Crippen LogP contribution < -0.4 is 0 Å². The molecule has 2 heteroatoms. The molecule has 0 aromatic rings. The second kappa shape index (κ2) is 7.66.